The van der Waals surface area contributed by atoms with Crippen molar-refractivity contribution in [2.75, 3.05) is 18.9 Å². The Morgan fingerprint density at radius 2 is 2.26 bits per heavy atom. The van der Waals surface area contributed by atoms with Crippen LogP contribution in [0.5, 0.6) is 0 Å². The number of hydrogen-bond donors (Lipinski definition) is 1. The van der Waals surface area contributed by atoms with E-state index in [-0.39, 0.29) is 11.7 Å². The Kier molecular flexibility index (Phi) is 2.26. The number of fused-ring (bicyclic) bond motifs is 1. The number of nitrogens with zero attached hydrogens (tertiary/aromatic N) is 6. The quantitative estimate of drug-likeness (QED) is 0.712. The van der Waals surface area contributed by atoms with Crippen LogP contribution in [0, 0.1) is 0 Å². The van der Waals surface area contributed by atoms with Gasteiger partial charge in [0, 0.05) is 12.5 Å². The summed E-state index contributed by atoms with van der Waals surface area (Å²) in [5.41, 5.74) is 6.09. The van der Waals surface area contributed by atoms with E-state index >= 15 is 0 Å². The Bertz CT molecular complexity index is 726. The minimum absolute atomic E-state index is 0.218. The highest BCUT2D eigenvalue weighted by Gasteiger charge is 2.25. The Morgan fingerprint density at radius 3 is 3.00 bits per heavy atom. The van der Waals surface area contributed by atoms with Gasteiger partial charge in [-0.1, -0.05) is 11.3 Å². The number of hydrogen-bond acceptors (Lipinski definition) is 9. The van der Waals surface area contributed by atoms with E-state index in [1.165, 1.54) is 11.3 Å². The molecule has 0 amide bonds. The first-order valence-corrected chi connectivity index (χ1v) is 6.53. The minimum Gasteiger partial charge on any atom is -0.381 e. The molecule has 0 aliphatic carbocycles. The van der Waals surface area contributed by atoms with Crippen molar-refractivity contribution in [1.29, 1.82) is 0 Å². The Morgan fingerprint density at radius 1 is 1.32 bits per heavy atom. The highest BCUT2D eigenvalue weighted by molar-refractivity contribution is 7.19. The minimum atomic E-state index is 0.218. The highest BCUT2D eigenvalue weighted by atomic mass is 32.1. The monoisotopic (exact) mass is 279 g/mol. The first-order chi connectivity index (χ1) is 9.33. The number of aromatic nitrogens is 6. The summed E-state index contributed by atoms with van der Waals surface area (Å²) < 4.78 is 11.7. The van der Waals surface area contributed by atoms with Gasteiger partial charge < -0.3 is 10.5 Å². The van der Waals surface area contributed by atoms with Crippen molar-refractivity contribution in [3.8, 4) is 10.7 Å². The van der Waals surface area contributed by atoms with Crippen molar-refractivity contribution in [3.05, 3.63) is 5.82 Å². The summed E-state index contributed by atoms with van der Waals surface area (Å²) >= 11 is 1.34. The molecule has 0 bridgehead atoms. The van der Waals surface area contributed by atoms with Crippen LogP contribution in [0.3, 0.4) is 0 Å². The van der Waals surface area contributed by atoms with E-state index in [9.17, 15) is 0 Å². The summed E-state index contributed by atoms with van der Waals surface area (Å²) in [4.78, 5) is 0.694. The number of nitrogen functional groups attached to an aromatic ring is 1. The maximum Gasteiger partial charge on any atom is 0.235 e. The van der Waals surface area contributed by atoms with E-state index in [0.717, 1.165) is 18.9 Å². The van der Waals surface area contributed by atoms with Gasteiger partial charge in [0.25, 0.3) is 0 Å². The van der Waals surface area contributed by atoms with Crippen molar-refractivity contribution in [1.82, 2.24) is 30.1 Å². The lowest BCUT2D eigenvalue weighted by molar-refractivity contribution is 0.193. The molecule has 1 aliphatic rings. The van der Waals surface area contributed by atoms with Gasteiger partial charge in [-0.15, -0.1) is 10.2 Å². The van der Waals surface area contributed by atoms with Crippen molar-refractivity contribution < 1.29 is 9.37 Å². The van der Waals surface area contributed by atoms with Crippen LogP contribution >= 0.6 is 11.3 Å². The van der Waals surface area contributed by atoms with Crippen LogP contribution in [0.4, 0.5) is 5.82 Å². The third-order valence-corrected chi connectivity index (χ3v) is 3.93. The van der Waals surface area contributed by atoms with Crippen molar-refractivity contribution in [2.24, 2.45) is 0 Å². The molecule has 2 N–H and O–H groups in total. The zero-order valence-electron chi connectivity index (χ0n) is 9.68. The lowest BCUT2D eigenvalue weighted by Crippen LogP contribution is -2.04. The zero-order valence-corrected chi connectivity index (χ0v) is 10.5. The topological polar surface area (TPSA) is 117 Å². The molecule has 0 radical (unpaired) electrons. The maximum atomic E-state index is 5.66. The van der Waals surface area contributed by atoms with Crippen molar-refractivity contribution in [2.45, 2.75) is 12.3 Å². The van der Waals surface area contributed by atoms with E-state index in [1.54, 1.807) is 4.52 Å². The maximum absolute atomic E-state index is 5.66. The van der Waals surface area contributed by atoms with Crippen LogP contribution < -0.4 is 5.73 Å². The van der Waals surface area contributed by atoms with Gasteiger partial charge in [-0.2, -0.15) is 9.61 Å². The molecule has 10 heteroatoms. The smallest absolute Gasteiger partial charge is 0.235 e. The lowest BCUT2D eigenvalue weighted by Gasteiger charge is -2.01. The zero-order chi connectivity index (χ0) is 12.8. The van der Waals surface area contributed by atoms with Gasteiger partial charge in [0.05, 0.1) is 6.61 Å². The van der Waals surface area contributed by atoms with Crippen molar-refractivity contribution in [3.63, 3.8) is 0 Å². The SMILES string of the molecule is Nc1nonc1-c1nn2c(C3CCOC3)nnc2s1. The standard InChI is InChI=1S/C9H9N7O2S/c10-6-5(14-18-15-6)8-13-16-7(4-1-2-17-3-4)11-12-9(16)19-8/h4H,1-3H2,(H2,10,15). The van der Waals surface area contributed by atoms with Crippen LogP contribution in [0.25, 0.3) is 15.7 Å². The molecule has 1 unspecified atom stereocenters. The molecule has 3 aromatic rings. The van der Waals surface area contributed by atoms with E-state index in [4.69, 9.17) is 10.5 Å². The summed E-state index contributed by atoms with van der Waals surface area (Å²) in [5, 5.41) is 20.6. The third-order valence-electron chi connectivity index (χ3n) is 3.03. The van der Waals surface area contributed by atoms with Crippen LogP contribution in [0.1, 0.15) is 18.2 Å². The largest absolute Gasteiger partial charge is 0.381 e. The molecule has 1 fully saturated rings. The fourth-order valence-corrected chi connectivity index (χ4v) is 2.90. The second kappa shape index (κ2) is 3.96. The normalized spacial score (nSPS) is 19.5. The summed E-state index contributed by atoms with van der Waals surface area (Å²) in [5.74, 6) is 1.26. The average Bonchev–Trinajstić information content (AvgIpc) is 3.10. The number of ether oxygens (including phenoxy) is 1. The second-order valence-corrected chi connectivity index (χ2v) is 5.17. The summed E-state index contributed by atoms with van der Waals surface area (Å²) in [7, 11) is 0. The van der Waals surface area contributed by atoms with E-state index in [1.807, 2.05) is 0 Å². The molecule has 1 aliphatic heterocycles. The third kappa shape index (κ3) is 1.60. The molecule has 3 aromatic heterocycles. The van der Waals surface area contributed by atoms with Crippen molar-refractivity contribution >= 4 is 22.1 Å². The molecule has 1 atom stereocenters. The Balaban J connectivity index is 1.82. The summed E-state index contributed by atoms with van der Waals surface area (Å²) in [6, 6.07) is 0. The van der Waals surface area contributed by atoms with Gasteiger partial charge in [-0.05, 0) is 16.7 Å². The molecule has 4 rings (SSSR count). The molecule has 0 spiro atoms. The molecular formula is C9H9N7O2S. The van der Waals surface area contributed by atoms with Crippen LogP contribution in [-0.4, -0.2) is 43.3 Å². The molecule has 0 aromatic carbocycles. The van der Waals surface area contributed by atoms with Gasteiger partial charge in [-0.25, -0.2) is 4.63 Å². The van der Waals surface area contributed by atoms with Crippen LogP contribution in [0.15, 0.2) is 4.63 Å². The van der Waals surface area contributed by atoms with Gasteiger partial charge in [-0.3, -0.25) is 0 Å². The van der Waals surface area contributed by atoms with Gasteiger partial charge in [0.15, 0.2) is 22.3 Å². The fraction of sp³-hybridized carbons (Fsp3) is 0.444. The average molecular weight is 279 g/mol. The van der Waals surface area contributed by atoms with Gasteiger partial charge in [0.2, 0.25) is 4.96 Å². The van der Waals surface area contributed by atoms with Crippen LogP contribution in [-0.2, 0) is 4.74 Å². The molecule has 1 saturated heterocycles. The fourth-order valence-electron chi connectivity index (χ4n) is 2.06. The summed E-state index contributed by atoms with van der Waals surface area (Å²) in [6.07, 6.45) is 0.932. The van der Waals surface area contributed by atoms with E-state index < -0.39 is 0 Å². The molecular weight excluding hydrogens is 270 g/mol. The van der Waals surface area contributed by atoms with Gasteiger partial charge >= 0.3 is 0 Å². The van der Waals surface area contributed by atoms with Gasteiger partial charge in [0.1, 0.15) is 0 Å². The Hall–Kier alpha value is -2.07. The highest BCUT2D eigenvalue weighted by Crippen LogP contribution is 2.30. The molecule has 19 heavy (non-hydrogen) atoms. The first-order valence-electron chi connectivity index (χ1n) is 5.71. The van der Waals surface area contributed by atoms with E-state index in [0.29, 0.717) is 22.3 Å². The Labute approximate surface area is 110 Å². The summed E-state index contributed by atoms with van der Waals surface area (Å²) in [6.45, 7) is 1.40. The van der Waals surface area contributed by atoms with E-state index in [2.05, 4.69) is 30.2 Å². The molecule has 0 saturated carbocycles. The number of anilines is 1. The molecule has 98 valence electrons. The lowest BCUT2D eigenvalue weighted by atomic mass is 10.1. The van der Waals surface area contributed by atoms with Crippen LogP contribution in [0.2, 0.25) is 0 Å². The first kappa shape index (κ1) is 10.8. The molecule has 9 nitrogen and oxygen atoms in total. The number of rotatable bonds is 2. The molecule has 4 heterocycles. The predicted octanol–water partition coefficient (Wildman–Crippen LogP) is 0.322. The second-order valence-electron chi connectivity index (χ2n) is 4.22. The predicted molar refractivity (Wildman–Crippen MR) is 64.5 cm³/mol. The number of nitrogens with two attached hydrogens (primary N) is 1.